The predicted octanol–water partition coefficient (Wildman–Crippen LogP) is 1.53. The number of nitrogens with one attached hydrogen (secondary N) is 1. The van der Waals surface area contributed by atoms with Gasteiger partial charge < -0.3 is 10.2 Å². The largest absolute Gasteiger partial charge is 0.311 e. The third-order valence-corrected chi connectivity index (χ3v) is 2.76. The highest BCUT2D eigenvalue weighted by atomic mass is 35.5. The maximum atomic E-state index is 11.8. The van der Waals surface area contributed by atoms with Gasteiger partial charge in [-0.15, -0.1) is 12.4 Å². The number of carbonyl (C=O) groups is 1. The number of benzene rings is 1. The van der Waals surface area contributed by atoms with Crippen molar-refractivity contribution in [3.05, 3.63) is 29.3 Å². The van der Waals surface area contributed by atoms with E-state index in [0.717, 1.165) is 18.7 Å². The Hall–Kier alpha value is -1.06. The average Bonchev–Trinajstić information content (AvgIpc) is 2.60. The van der Waals surface area contributed by atoms with Crippen molar-refractivity contribution in [2.45, 2.75) is 13.3 Å². The zero-order chi connectivity index (χ0) is 10.8. The van der Waals surface area contributed by atoms with Gasteiger partial charge in [0.15, 0.2) is 0 Å². The van der Waals surface area contributed by atoms with Crippen molar-refractivity contribution in [1.29, 1.82) is 0 Å². The number of anilines is 1. The highest BCUT2D eigenvalue weighted by Crippen LogP contribution is 2.28. The van der Waals surface area contributed by atoms with E-state index in [1.54, 1.807) is 7.05 Å². The summed E-state index contributed by atoms with van der Waals surface area (Å²) < 4.78 is 0. The zero-order valence-electron chi connectivity index (χ0n) is 9.62. The van der Waals surface area contributed by atoms with Gasteiger partial charge >= 0.3 is 0 Å². The number of halogens is 1. The Morgan fingerprint density at radius 2 is 2.25 bits per heavy atom. The molecule has 1 aromatic rings. The first kappa shape index (κ1) is 13.0. The number of fused-ring (bicyclic) bond motifs is 1. The molecule has 16 heavy (non-hydrogen) atoms. The van der Waals surface area contributed by atoms with Crippen molar-refractivity contribution < 1.29 is 4.79 Å². The summed E-state index contributed by atoms with van der Waals surface area (Å²) >= 11 is 0. The first-order valence-electron chi connectivity index (χ1n) is 5.27. The second kappa shape index (κ2) is 5.32. The van der Waals surface area contributed by atoms with Crippen LogP contribution in [0.2, 0.25) is 0 Å². The van der Waals surface area contributed by atoms with E-state index in [2.05, 4.69) is 24.4 Å². The molecule has 0 spiro atoms. The van der Waals surface area contributed by atoms with Crippen LogP contribution >= 0.6 is 12.4 Å². The summed E-state index contributed by atoms with van der Waals surface area (Å²) in [7, 11) is 1.80. The maximum Gasteiger partial charge on any atom is 0.240 e. The Morgan fingerprint density at radius 3 is 2.94 bits per heavy atom. The molecule has 88 valence electrons. The first-order valence-corrected chi connectivity index (χ1v) is 5.27. The molecule has 0 fully saturated rings. The van der Waals surface area contributed by atoms with Crippen molar-refractivity contribution in [2.75, 3.05) is 25.0 Å². The Labute approximate surface area is 102 Å². The number of nitrogens with zero attached hydrogens (tertiary/aromatic N) is 1. The summed E-state index contributed by atoms with van der Waals surface area (Å²) in [6.45, 7) is 3.31. The van der Waals surface area contributed by atoms with Crippen LogP contribution in [-0.4, -0.2) is 26.0 Å². The first-order chi connectivity index (χ1) is 7.22. The normalized spacial score (nSPS) is 13.2. The van der Waals surface area contributed by atoms with E-state index < -0.39 is 0 Å². The van der Waals surface area contributed by atoms with Gasteiger partial charge in [0.05, 0.1) is 6.54 Å². The van der Waals surface area contributed by atoms with Gasteiger partial charge in [-0.1, -0.05) is 17.7 Å². The standard InChI is InChI=1S/C12H16N2O.ClH/c1-9-3-4-11-10(7-9)5-6-14(11)12(15)8-13-2;/h3-4,7,13H,5-6,8H2,1-2H3;1H. The number of amides is 1. The molecule has 0 unspecified atom stereocenters. The van der Waals surface area contributed by atoms with Gasteiger partial charge in [-0.2, -0.15) is 0 Å². The fraction of sp³-hybridized carbons (Fsp3) is 0.417. The van der Waals surface area contributed by atoms with Crippen LogP contribution < -0.4 is 10.2 Å². The Bertz CT molecular complexity index is 393. The lowest BCUT2D eigenvalue weighted by Crippen LogP contribution is -2.35. The molecule has 0 aliphatic carbocycles. The molecule has 3 nitrogen and oxygen atoms in total. The fourth-order valence-electron chi connectivity index (χ4n) is 2.04. The summed E-state index contributed by atoms with van der Waals surface area (Å²) in [6, 6.07) is 6.27. The quantitative estimate of drug-likeness (QED) is 0.850. The van der Waals surface area contributed by atoms with E-state index in [1.165, 1.54) is 11.1 Å². The summed E-state index contributed by atoms with van der Waals surface area (Å²) in [5.74, 6) is 0.153. The smallest absolute Gasteiger partial charge is 0.240 e. The molecule has 1 aromatic carbocycles. The van der Waals surface area contributed by atoms with Crippen molar-refractivity contribution in [1.82, 2.24) is 5.32 Å². The Kier molecular flexibility index (Phi) is 4.33. The maximum absolute atomic E-state index is 11.8. The topological polar surface area (TPSA) is 32.3 Å². The minimum atomic E-state index is 0. The van der Waals surface area contributed by atoms with Gasteiger partial charge in [-0.05, 0) is 32.0 Å². The summed E-state index contributed by atoms with van der Waals surface area (Å²) in [4.78, 5) is 13.6. The Morgan fingerprint density at radius 1 is 1.50 bits per heavy atom. The summed E-state index contributed by atoms with van der Waals surface area (Å²) in [6.07, 6.45) is 0.979. The second-order valence-corrected chi connectivity index (χ2v) is 3.96. The average molecular weight is 241 g/mol. The molecule has 4 heteroatoms. The van der Waals surface area contributed by atoms with E-state index in [-0.39, 0.29) is 18.3 Å². The summed E-state index contributed by atoms with van der Waals surface area (Å²) in [5, 5.41) is 2.90. The van der Waals surface area contributed by atoms with Crippen LogP contribution in [0.25, 0.3) is 0 Å². The van der Waals surface area contributed by atoms with Crippen LogP contribution in [0.5, 0.6) is 0 Å². The highest BCUT2D eigenvalue weighted by molar-refractivity contribution is 5.96. The Balaban J connectivity index is 0.00000128. The van der Waals surface area contributed by atoms with Crippen LogP contribution in [0.4, 0.5) is 5.69 Å². The molecule has 1 N–H and O–H groups in total. The number of likely N-dealkylation sites (N-methyl/N-ethyl adjacent to an activating group) is 1. The molecule has 1 heterocycles. The van der Waals surface area contributed by atoms with Crippen LogP contribution in [0.15, 0.2) is 18.2 Å². The predicted molar refractivity (Wildman–Crippen MR) is 68.4 cm³/mol. The molecule has 0 aromatic heterocycles. The lowest BCUT2D eigenvalue weighted by Gasteiger charge is -2.17. The monoisotopic (exact) mass is 240 g/mol. The molecule has 0 atom stereocenters. The SMILES string of the molecule is CNCC(=O)N1CCc2cc(C)ccc21.Cl. The number of hydrogen-bond acceptors (Lipinski definition) is 2. The molecular formula is C12H17ClN2O. The lowest BCUT2D eigenvalue weighted by atomic mass is 10.1. The van der Waals surface area contributed by atoms with Gasteiger partial charge in [0.2, 0.25) is 5.91 Å². The van der Waals surface area contributed by atoms with E-state index in [9.17, 15) is 4.79 Å². The molecule has 0 saturated heterocycles. The van der Waals surface area contributed by atoms with E-state index in [0.29, 0.717) is 6.54 Å². The fourth-order valence-corrected chi connectivity index (χ4v) is 2.04. The molecule has 0 radical (unpaired) electrons. The number of hydrogen-bond donors (Lipinski definition) is 1. The minimum Gasteiger partial charge on any atom is -0.311 e. The minimum absolute atomic E-state index is 0. The van der Waals surface area contributed by atoms with E-state index >= 15 is 0 Å². The lowest BCUT2D eigenvalue weighted by molar-refractivity contribution is -0.117. The molecule has 1 amide bonds. The van der Waals surface area contributed by atoms with Gasteiger partial charge in [-0.3, -0.25) is 4.79 Å². The van der Waals surface area contributed by atoms with E-state index in [4.69, 9.17) is 0 Å². The number of aryl methyl sites for hydroxylation is 1. The molecule has 1 aliphatic heterocycles. The van der Waals surface area contributed by atoms with Crippen LogP contribution in [0.1, 0.15) is 11.1 Å². The number of carbonyl (C=O) groups excluding carboxylic acids is 1. The van der Waals surface area contributed by atoms with Gasteiger partial charge in [-0.25, -0.2) is 0 Å². The summed E-state index contributed by atoms with van der Waals surface area (Å²) in [5.41, 5.74) is 3.64. The third kappa shape index (κ3) is 2.36. The van der Waals surface area contributed by atoms with Crippen LogP contribution in [0, 0.1) is 6.92 Å². The van der Waals surface area contributed by atoms with Crippen LogP contribution in [0.3, 0.4) is 0 Å². The third-order valence-electron chi connectivity index (χ3n) is 2.76. The molecule has 0 saturated carbocycles. The van der Waals surface area contributed by atoms with Gasteiger partial charge in [0.1, 0.15) is 0 Å². The van der Waals surface area contributed by atoms with Crippen molar-refractivity contribution >= 4 is 24.0 Å². The van der Waals surface area contributed by atoms with Crippen molar-refractivity contribution in [2.24, 2.45) is 0 Å². The van der Waals surface area contributed by atoms with Gasteiger partial charge in [0.25, 0.3) is 0 Å². The van der Waals surface area contributed by atoms with Gasteiger partial charge in [0, 0.05) is 12.2 Å². The molecule has 1 aliphatic rings. The molecule has 0 bridgehead atoms. The van der Waals surface area contributed by atoms with Crippen LogP contribution in [-0.2, 0) is 11.2 Å². The molecule has 2 rings (SSSR count). The second-order valence-electron chi connectivity index (χ2n) is 3.96. The highest BCUT2D eigenvalue weighted by Gasteiger charge is 2.23. The van der Waals surface area contributed by atoms with Crippen molar-refractivity contribution in [3.8, 4) is 0 Å². The van der Waals surface area contributed by atoms with E-state index in [1.807, 2.05) is 11.0 Å². The van der Waals surface area contributed by atoms with Crippen molar-refractivity contribution in [3.63, 3.8) is 0 Å². The number of rotatable bonds is 2. The molecular weight excluding hydrogens is 224 g/mol. The zero-order valence-corrected chi connectivity index (χ0v) is 10.4.